The molecule has 0 aliphatic rings. The molecule has 2 rings (SSSR count). The lowest BCUT2D eigenvalue weighted by atomic mass is 10.0. The maximum absolute atomic E-state index is 13.2. The molecule has 3 heteroatoms. The van der Waals surface area contributed by atoms with Crippen molar-refractivity contribution in [2.45, 2.75) is 32.8 Å². The standard InChI is InChI=1S/C16H18FNO/c1-3-12-4-6-14(18-10-12)9-16(19)13-5-7-15(17)11(2)8-13/h4-8,10,16,19H,3,9H2,1-2H3. The van der Waals surface area contributed by atoms with Crippen molar-refractivity contribution >= 4 is 0 Å². The summed E-state index contributed by atoms with van der Waals surface area (Å²) in [6.07, 6.45) is 2.57. The second kappa shape index (κ2) is 5.93. The van der Waals surface area contributed by atoms with Crippen LogP contribution < -0.4 is 0 Å². The van der Waals surface area contributed by atoms with Crippen molar-refractivity contribution in [2.75, 3.05) is 0 Å². The van der Waals surface area contributed by atoms with Gasteiger partial charge in [0.15, 0.2) is 0 Å². The Morgan fingerprint density at radius 1 is 1.26 bits per heavy atom. The fraction of sp³-hybridized carbons (Fsp3) is 0.312. The highest BCUT2D eigenvalue weighted by Gasteiger charge is 2.11. The molecule has 1 heterocycles. The Morgan fingerprint density at radius 3 is 2.63 bits per heavy atom. The summed E-state index contributed by atoms with van der Waals surface area (Å²) in [7, 11) is 0. The van der Waals surface area contributed by atoms with Crippen LogP contribution in [-0.2, 0) is 12.8 Å². The third-order valence-electron chi connectivity index (χ3n) is 3.26. The first-order valence-electron chi connectivity index (χ1n) is 6.48. The van der Waals surface area contributed by atoms with Gasteiger partial charge < -0.3 is 5.11 Å². The van der Waals surface area contributed by atoms with E-state index in [9.17, 15) is 9.50 Å². The average Bonchev–Trinajstić information content (AvgIpc) is 2.42. The Bertz CT molecular complexity index is 551. The van der Waals surface area contributed by atoms with E-state index in [0.29, 0.717) is 12.0 Å². The molecule has 1 unspecified atom stereocenters. The van der Waals surface area contributed by atoms with E-state index in [4.69, 9.17) is 0 Å². The average molecular weight is 259 g/mol. The molecule has 0 aliphatic heterocycles. The highest BCUT2D eigenvalue weighted by atomic mass is 19.1. The third-order valence-corrected chi connectivity index (χ3v) is 3.26. The van der Waals surface area contributed by atoms with E-state index >= 15 is 0 Å². The van der Waals surface area contributed by atoms with E-state index < -0.39 is 6.10 Å². The molecule has 0 saturated heterocycles. The number of benzene rings is 1. The fourth-order valence-corrected chi connectivity index (χ4v) is 1.98. The SMILES string of the molecule is CCc1ccc(CC(O)c2ccc(F)c(C)c2)nc1. The van der Waals surface area contributed by atoms with Crippen LogP contribution in [0.15, 0.2) is 36.5 Å². The Hall–Kier alpha value is -1.74. The van der Waals surface area contributed by atoms with Gasteiger partial charge in [0.05, 0.1) is 6.10 Å². The number of aromatic nitrogens is 1. The van der Waals surface area contributed by atoms with E-state index in [1.807, 2.05) is 18.3 Å². The molecule has 2 nitrogen and oxygen atoms in total. The number of aliphatic hydroxyl groups excluding tert-OH is 1. The van der Waals surface area contributed by atoms with Gasteiger partial charge in [-0.3, -0.25) is 4.98 Å². The first kappa shape index (κ1) is 13.7. The van der Waals surface area contributed by atoms with Crippen LogP contribution in [0.3, 0.4) is 0 Å². The normalized spacial score (nSPS) is 12.4. The van der Waals surface area contributed by atoms with Crippen molar-refractivity contribution < 1.29 is 9.50 Å². The summed E-state index contributed by atoms with van der Waals surface area (Å²) in [5.41, 5.74) is 3.29. The molecule has 0 radical (unpaired) electrons. The molecule has 1 N–H and O–H groups in total. The molecule has 100 valence electrons. The summed E-state index contributed by atoms with van der Waals surface area (Å²) in [6, 6.07) is 8.64. The van der Waals surface area contributed by atoms with Crippen molar-refractivity contribution in [2.24, 2.45) is 0 Å². The molecular weight excluding hydrogens is 241 g/mol. The number of hydrogen-bond donors (Lipinski definition) is 1. The predicted octanol–water partition coefficient (Wildman–Crippen LogP) is 3.37. The number of nitrogens with zero attached hydrogens (tertiary/aromatic N) is 1. The quantitative estimate of drug-likeness (QED) is 0.913. The lowest BCUT2D eigenvalue weighted by Gasteiger charge is -2.12. The Morgan fingerprint density at radius 2 is 2.05 bits per heavy atom. The zero-order chi connectivity index (χ0) is 13.8. The summed E-state index contributed by atoms with van der Waals surface area (Å²) < 4.78 is 13.2. The maximum atomic E-state index is 13.2. The Balaban J connectivity index is 2.10. The van der Waals surface area contributed by atoms with Gasteiger partial charge in [0.25, 0.3) is 0 Å². The van der Waals surface area contributed by atoms with Gasteiger partial charge in [-0.2, -0.15) is 0 Å². The molecule has 0 aliphatic carbocycles. The van der Waals surface area contributed by atoms with Crippen molar-refractivity contribution in [3.05, 3.63) is 64.7 Å². The van der Waals surface area contributed by atoms with Gasteiger partial charge in [-0.15, -0.1) is 0 Å². The van der Waals surface area contributed by atoms with Gasteiger partial charge in [-0.25, -0.2) is 4.39 Å². The van der Waals surface area contributed by atoms with Crippen LogP contribution in [0.2, 0.25) is 0 Å². The van der Waals surface area contributed by atoms with Gasteiger partial charge in [0.2, 0.25) is 0 Å². The minimum atomic E-state index is -0.653. The zero-order valence-electron chi connectivity index (χ0n) is 11.2. The molecule has 0 spiro atoms. The molecule has 0 amide bonds. The largest absolute Gasteiger partial charge is 0.388 e. The van der Waals surface area contributed by atoms with Crippen LogP contribution in [-0.4, -0.2) is 10.1 Å². The molecule has 1 aromatic heterocycles. The summed E-state index contributed by atoms with van der Waals surface area (Å²) in [5, 5.41) is 10.2. The first-order valence-corrected chi connectivity index (χ1v) is 6.48. The van der Waals surface area contributed by atoms with E-state index in [1.54, 1.807) is 19.1 Å². The van der Waals surface area contributed by atoms with Crippen molar-refractivity contribution in [1.82, 2.24) is 4.98 Å². The number of halogens is 1. The third kappa shape index (κ3) is 3.38. The summed E-state index contributed by atoms with van der Waals surface area (Å²) in [6.45, 7) is 3.77. The zero-order valence-corrected chi connectivity index (χ0v) is 11.2. The van der Waals surface area contributed by atoms with Gasteiger partial charge in [0, 0.05) is 18.3 Å². The second-order valence-electron chi connectivity index (χ2n) is 4.74. The summed E-state index contributed by atoms with van der Waals surface area (Å²) in [5.74, 6) is -0.249. The number of pyridine rings is 1. The van der Waals surface area contributed by atoms with Crippen molar-refractivity contribution in [3.63, 3.8) is 0 Å². The monoisotopic (exact) mass is 259 g/mol. The maximum Gasteiger partial charge on any atom is 0.126 e. The highest BCUT2D eigenvalue weighted by Crippen LogP contribution is 2.20. The van der Waals surface area contributed by atoms with Crippen LogP contribution in [0.25, 0.3) is 0 Å². The lowest BCUT2D eigenvalue weighted by Crippen LogP contribution is -2.04. The van der Waals surface area contributed by atoms with E-state index in [2.05, 4.69) is 11.9 Å². The molecule has 0 fully saturated rings. The van der Waals surface area contributed by atoms with Crippen LogP contribution >= 0.6 is 0 Å². The number of aliphatic hydroxyl groups is 1. The highest BCUT2D eigenvalue weighted by molar-refractivity contribution is 5.26. The smallest absolute Gasteiger partial charge is 0.126 e. The first-order chi connectivity index (χ1) is 9.10. The van der Waals surface area contributed by atoms with Crippen LogP contribution in [0.5, 0.6) is 0 Å². The minimum Gasteiger partial charge on any atom is -0.388 e. The number of aryl methyl sites for hydroxylation is 2. The predicted molar refractivity (Wildman–Crippen MR) is 73.4 cm³/mol. The molecule has 0 saturated carbocycles. The molecule has 1 atom stereocenters. The van der Waals surface area contributed by atoms with E-state index in [1.165, 1.54) is 11.6 Å². The Kier molecular flexibility index (Phi) is 4.27. The molecule has 19 heavy (non-hydrogen) atoms. The summed E-state index contributed by atoms with van der Waals surface area (Å²) >= 11 is 0. The molecular formula is C16H18FNO. The molecule has 0 bridgehead atoms. The van der Waals surface area contributed by atoms with Crippen LogP contribution in [0.1, 0.15) is 35.4 Å². The van der Waals surface area contributed by atoms with Gasteiger partial charge in [-0.1, -0.05) is 25.1 Å². The number of hydrogen-bond acceptors (Lipinski definition) is 2. The van der Waals surface area contributed by atoms with Crippen LogP contribution in [0, 0.1) is 12.7 Å². The lowest BCUT2D eigenvalue weighted by molar-refractivity contribution is 0.177. The topological polar surface area (TPSA) is 33.1 Å². The molecule has 2 aromatic rings. The minimum absolute atomic E-state index is 0.249. The second-order valence-corrected chi connectivity index (χ2v) is 4.74. The van der Waals surface area contributed by atoms with Gasteiger partial charge >= 0.3 is 0 Å². The Labute approximate surface area is 112 Å². The van der Waals surface area contributed by atoms with Crippen LogP contribution in [0.4, 0.5) is 4.39 Å². The van der Waals surface area contributed by atoms with Gasteiger partial charge in [-0.05, 0) is 42.2 Å². The van der Waals surface area contributed by atoms with Gasteiger partial charge in [0.1, 0.15) is 5.82 Å². The molecule has 1 aromatic carbocycles. The van der Waals surface area contributed by atoms with Crippen molar-refractivity contribution in [3.8, 4) is 0 Å². The van der Waals surface area contributed by atoms with E-state index in [0.717, 1.165) is 17.7 Å². The fourth-order valence-electron chi connectivity index (χ4n) is 1.98. The van der Waals surface area contributed by atoms with Crippen molar-refractivity contribution in [1.29, 1.82) is 0 Å². The summed E-state index contributed by atoms with van der Waals surface area (Å²) in [4.78, 5) is 4.32. The number of rotatable bonds is 4. The van der Waals surface area contributed by atoms with E-state index in [-0.39, 0.29) is 5.82 Å².